The molecule has 2 aromatic heterocycles. The second-order valence-corrected chi connectivity index (χ2v) is 5.22. The molecule has 0 aliphatic rings. The molecule has 1 N–H and O–H groups in total. The van der Waals surface area contributed by atoms with E-state index >= 15 is 0 Å². The number of thiophene rings is 1. The van der Waals surface area contributed by atoms with Gasteiger partial charge in [-0.1, -0.05) is 23.2 Å². The molecule has 1 amide bonds. The van der Waals surface area contributed by atoms with Gasteiger partial charge in [0, 0.05) is 6.20 Å². The van der Waals surface area contributed by atoms with E-state index in [1.54, 1.807) is 30.6 Å². The van der Waals surface area contributed by atoms with Crippen LogP contribution in [0.25, 0.3) is 0 Å². The number of amides is 1. The lowest BCUT2D eigenvalue weighted by Gasteiger charge is -2.02. The lowest BCUT2D eigenvalue weighted by molar-refractivity contribution is 0.102. The molecule has 0 bridgehead atoms. The quantitative estimate of drug-likeness (QED) is 0.906. The summed E-state index contributed by atoms with van der Waals surface area (Å²) in [6, 6.07) is 5.02. The Balaban J connectivity index is 2.18. The average Bonchev–Trinajstić information content (AvgIpc) is 2.59. The van der Waals surface area contributed by atoms with Gasteiger partial charge in [0.1, 0.15) is 4.34 Å². The van der Waals surface area contributed by atoms with Gasteiger partial charge < -0.3 is 5.32 Å². The molecule has 0 aliphatic carbocycles. The summed E-state index contributed by atoms with van der Waals surface area (Å²) in [5.74, 6) is -0.291. The smallest absolute Gasteiger partial charge is 0.258 e. The van der Waals surface area contributed by atoms with Gasteiger partial charge in [-0.05, 0) is 18.2 Å². The van der Waals surface area contributed by atoms with E-state index in [9.17, 15) is 4.79 Å². The summed E-state index contributed by atoms with van der Waals surface area (Å²) in [6.45, 7) is 0. The first kappa shape index (κ1) is 11.4. The number of hydrogen-bond donors (Lipinski definition) is 1. The van der Waals surface area contributed by atoms with Crippen molar-refractivity contribution in [2.75, 3.05) is 5.32 Å². The van der Waals surface area contributed by atoms with Crippen LogP contribution in [-0.4, -0.2) is 10.9 Å². The van der Waals surface area contributed by atoms with E-state index in [0.29, 0.717) is 19.9 Å². The Morgan fingerprint density at radius 3 is 2.81 bits per heavy atom. The molecule has 6 heteroatoms. The molecule has 3 nitrogen and oxygen atoms in total. The van der Waals surface area contributed by atoms with Gasteiger partial charge in [-0.3, -0.25) is 9.78 Å². The molecule has 0 saturated carbocycles. The molecule has 82 valence electrons. The van der Waals surface area contributed by atoms with Crippen LogP contribution in [0.2, 0.25) is 8.67 Å². The van der Waals surface area contributed by atoms with E-state index in [2.05, 4.69) is 10.3 Å². The largest absolute Gasteiger partial charge is 0.321 e. The number of carbonyl (C=O) groups excluding carboxylic acids is 1. The fraction of sp³-hybridized carbons (Fsp3) is 0. The maximum absolute atomic E-state index is 11.8. The predicted octanol–water partition coefficient (Wildman–Crippen LogP) is 3.70. The zero-order valence-electron chi connectivity index (χ0n) is 7.91. The Hall–Kier alpha value is -1.10. The zero-order valence-corrected chi connectivity index (χ0v) is 10.2. The van der Waals surface area contributed by atoms with Gasteiger partial charge >= 0.3 is 0 Å². The second kappa shape index (κ2) is 4.82. The number of anilines is 1. The molecular weight excluding hydrogens is 267 g/mol. The third-order valence-corrected chi connectivity index (χ3v) is 3.31. The number of nitrogens with one attached hydrogen (secondary N) is 1. The van der Waals surface area contributed by atoms with Crippen LogP contribution in [0.3, 0.4) is 0 Å². The van der Waals surface area contributed by atoms with Crippen LogP contribution in [0.4, 0.5) is 5.69 Å². The van der Waals surface area contributed by atoms with Gasteiger partial charge in [0.05, 0.1) is 21.8 Å². The molecule has 2 aromatic rings. The first-order valence-electron chi connectivity index (χ1n) is 4.33. The van der Waals surface area contributed by atoms with E-state index in [0.717, 1.165) is 11.3 Å². The number of carbonyl (C=O) groups is 1. The Bertz CT molecular complexity index is 513. The SMILES string of the molecule is O=C(Nc1cccnc1)c1cc(Cl)sc1Cl. The minimum atomic E-state index is -0.291. The molecule has 0 radical (unpaired) electrons. The standard InChI is InChI=1S/C10H6Cl2N2OS/c11-8-4-7(9(12)16-8)10(15)14-6-2-1-3-13-5-6/h1-5H,(H,14,15). The Morgan fingerprint density at radius 2 is 2.25 bits per heavy atom. The summed E-state index contributed by atoms with van der Waals surface area (Å²) < 4.78 is 0.868. The lowest BCUT2D eigenvalue weighted by Crippen LogP contribution is -2.11. The Kier molecular flexibility index (Phi) is 3.43. The lowest BCUT2D eigenvalue weighted by atomic mass is 10.3. The first-order chi connectivity index (χ1) is 7.66. The van der Waals surface area contributed by atoms with Crippen LogP contribution in [-0.2, 0) is 0 Å². The fourth-order valence-electron chi connectivity index (χ4n) is 1.13. The van der Waals surface area contributed by atoms with Crippen LogP contribution < -0.4 is 5.32 Å². The molecule has 0 spiro atoms. The highest BCUT2D eigenvalue weighted by atomic mass is 35.5. The molecule has 0 aliphatic heterocycles. The third-order valence-electron chi connectivity index (χ3n) is 1.82. The van der Waals surface area contributed by atoms with Crippen molar-refractivity contribution < 1.29 is 4.79 Å². The molecule has 2 rings (SSSR count). The fourth-order valence-corrected chi connectivity index (χ4v) is 2.59. The van der Waals surface area contributed by atoms with E-state index in [1.165, 1.54) is 0 Å². The van der Waals surface area contributed by atoms with Crippen molar-refractivity contribution in [3.05, 3.63) is 44.8 Å². The van der Waals surface area contributed by atoms with Crippen molar-refractivity contribution in [1.29, 1.82) is 0 Å². The summed E-state index contributed by atoms with van der Waals surface area (Å²) in [7, 11) is 0. The second-order valence-electron chi connectivity index (χ2n) is 2.93. The van der Waals surface area contributed by atoms with Gasteiger partial charge in [-0.2, -0.15) is 0 Å². The van der Waals surface area contributed by atoms with Crippen molar-refractivity contribution in [3.63, 3.8) is 0 Å². The molecule has 0 atom stereocenters. The van der Waals surface area contributed by atoms with Crippen molar-refractivity contribution in [1.82, 2.24) is 4.98 Å². The molecule has 2 heterocycles. The van der Waals surface area contributed by atoms with Crippen LogP contribution >= 0.6 is 34.5 Å². The molecule has 0 aromatic carbocycles. The highest BCUT2D eigenvalue weighted by Crippen LogP contribution is 2.31. The molecule has 0 fully saturated rings. The van der Waals surface area contributed by atoms with Crippen molar-refractivity contribution >= 4 is 46.1 Å². The van der Waals surface area contributed by atoms with Gasteiger partial charge in [-0.15, -0.1) is 11.3 Å². The number of rotatable bonds is 2. The number of hydrogen-bond acceptors (Lipinski definition) is 3. The number of pyridine rings is 1. The van der Waals surface area contributed by atoms with Crippen LogP contribution in [0.15, 0.2) is 30.6 Å². The van der Waals surface area contributed by atoms with Crippen LogP contribution in [0.5, 0.6) is 0 Å². The monoisotopic (exact) mass is 272 g/mol. The van der Waals surface area contributed by atoms with Gasteiger partial charge in [-0.25, -0.2) is 0 Å². The summed E-state index contributed by atoms with van der Waals surface area (Å²) in [5.41, 5.74) is 0.992. The number of halogens is 2. The maximum atomic E-state index is 11.8. The average molecular weight is 273 g/mol. The normalized spacial score (nSPS) is 10.1. The van der Waals surface area contributed by atoms with E-state index < -0.39 is 0 Å². The summed E-state index contributed by atoms with van der Waals surface area (Å²) in [5, 5.41) is 2.67. The Morgan fingerprint density at radius 1 is 1.44 bits per heavy atom. The van der Waals surface area contributed by atoms with Crippen molar-refractivity contribution in [3.8, 4) is 0 Å². The molecule has 0 unspecified atom stereocenters. The van der Waals surface area contributed by atoms with Crippen molar-refractivity contribution in [2.24, 2.45) is 0 Å². The molecular formula is C10H6Cl2N2OS. The van der Waals surface area contributed by atoms with E-state index in [-0.39, 0.29) is 5.91 Å². The van der Waals surface area contributed by atoms with Gasteiger partial charge in [0.2, 0.25) is 0 Å². The predicted molar refractivity (Wildman–Crippen MR) is 66.5 cm³/mol. The summed E-state index contributed by atoms with van der Waals surface area (Å²) in [4.78, 5) is 15.7. The van der Waals surface area contributed by atoms with Crippen LogP contribution in [0, 0.1) is 0 Å². The summed E-state index contributed by atoms with van der Waals surface area (Å²) >= 11 is 12.8. The van der Waals surface area contributed by atoms with E-state index in [1.807, 2.05) is 0 Å². The topological polar surface area (TPSA) is 42.0 Å². The van der Waals surface area contributed by atoms with E-state index in [4.69, 9.17) is 23.2 Å². The summed E-state index contributed by atoms with van der Waals surface area (Å²) in [6.07, 6.45) is 3.18. The highest BCUT2D eigenvalue weighted by molar-refractivity contribution is 7.20. The molecule has 0 saturated heterocycles. The maximum Gasteiger partial charge on any atom is 0.258 e. The first-order valence-corrected chi connectivity index (χ1v) is 5.90. The zero-order chi connectivity index (χ0) is 11.5. The minimum absolute atomic E-state index is 0.291. The van der Waals surface area contributed by atoms with Gasteiger partial charge in [0.25, 0.3) is 5.91 Å². The van der Waals surface area contributed by atoms with Gasteiger partial charge in [0.15, 0.2) is 0 Å². The number of aromatic nitrogens is 1. The van der Waals surface area contributed by atoms with Crippen LogP contribution in [0.1, 0.15) is 10.4 Å². The third kappa shape index (κ3) is 2.52. The molecule has 16 heavy (non-hydrogen) atoms. The Labute approximate surface area is 106 Å². The van der Waals surface area contributed by atoms with Crippen molar-refractivity contribution in [2.45, 2.75) is 0 Å². The minimum Gasteiger partial charge on any atom is -0.321 e. The number of nitrogens with zero attached hydrogens (tertiary/aromatic N) is 1. The highest BCUT2D eigenvalue weighted by Gasteiger charge is 2.14.